The van der Waals surface area contributed by atoms with Gasteiger partial charge in [0, 0.05) is 12.5 Å². The summed E-state index contributed by atoms with van der Waals surface area (Å²) in [6, 6.07) is 6.06. The van der Waals surface area contributed by atoms with Crippen LogP contribution in [0.4, 0.5) is 14.9 Å². The Kier molecular flexibility index (Phi) is 3.38. The SMILES string of the molecule is O=C1OC(C2CCCNC2)CN1c1cccc(F)c1. The van der Waals surface area contributed by atoms with Crippen LogP contribution in [-0.2, 0) is 4.74 Å². The van der Waals surface area contributed by atoms with Crippen LogP contribution in [0, 0.1) is 11.7 Å². The molecule has 2 unspecified atom stereocenters. The molecule has 102 valence electrons. The predicted molar refractivity (Wildman–Crippen MR) is 69.6 cm³/mol. The number of nitrogens with one attached hydrogen (secondary N) is 1. The van der Waals surface area contributed by atoms with Crippen LogP contribution in [0.2, 0.25) is 0 Å². The number of hydrogen-bond acceptors (Lipinski definition) is 3. The molecule has 3 rings (SSSR count). The van der Waals surface area contributed by atoms with Crippen molar-refractivity contribution in [3.63, 3.8) is 0 Å². The number of rotatable bonds is 2. The highest BCUT2D eigenvalue weighted by Crippen LogP contribution is 2.27. The minimum absolute atomic E-state index is 0.0939. The van der Waals surface area contributed by atoms with E-state index in [1.54, 1.807) is 12.1 Å². The van der Waals surface area contributed by atoms with E-state index in [0.717, 1.165) is 25.9 Å². The first-order valence-electron chi connectivity index (χ1n) is 6.68. The van der Waals surface area contributed by atoms with Crippen LogP contribution in [0.3, 0.4) is 0 Å². The molecule has 0 bridgehead atoms. The van der Waals surface area contributed by atoms with E-state index >= 15 is 0 Å². The minimum atomic E-state index is -0.374. The number of hydrogen-bond donors (Lipinski definition) is 1. The summed E-state index contributed by atoms with van der Waals surface area (Å²) in [6.45, 7) is 2.42. The third-order valence-electron chi connectivity index (χ3n) is 3.82. The van der Waals surface area contributed by atoms with Gasteiger partial charge in [0.2, 0.25) is 0 Å². The largest absolute Gasteiger partial charge is 0.444 e. The average molecular weight is 264 g/mol. The molecule has 1 aromatic rings. The zero-order chi connectivity index (χ0) is 13.2. The first kappa shape index (κ1) is 12.4. The Morgan fingerprint density at radius 3 is 3.05 bits per heavy atom. The van der Waals surface area contributed by atoms with Crippen LogP contribution in [0.25, 0.3) is 0 Å². The van der Waals surface area contributed by atoms with Crippen LogP contribution in [-0.4, -0.2) is 31.8 Å². The number of halogens is 1. The topological polar surface area (TPSA) is 41.6 Å². The fraction of sp³-hybridized carbons (Fsp3) is 0.500. The first-order chi connectivity index (χ1) is 9.24. The van der Waals surface area contributed by atoms with Crippen molar-refractivity contribution in [2.45, 2.75) is 18.9 Å². The highest BCUT2D eigenvalue weighted by Gasteiger charge is 2.37. The van der Waals surface area contributed by atoms with Crippen LogP contribution in [0.15, 0.2) is 24.3 Å². The van der Waals surface area contributed by atoms with Crippen molar-refractivity contribution in [2.75, 3.05) is 24.5 Å². The second kappa shape index (κ2) is 5.17. The van der Waals surface area contributed by atoms with E-state index in [0.29, 0.717) is 18.2 Å². The summed E-state index contributed by atoms with van der Waals surface area (Å²) in [4.78, 5) is 13.4. The predicted octanol–water partition coefficient (Wildman–Crippen LogP) is 2.15. The number of carbonyl (C=O) groups is 1. The molecule has 2 atom stereocenters. The molecule has 1 N–H and O–H groups in total. The van der Waals surface area contributed by atoms with Crippen molar-refractivity contribution in [1.82, 2.24) is 5.32 Å². The molecule has 0 radical (unpaired) electrons. The van der Waals surface area contributed by atoms with Gasteiger partial charge in [-0.1, -0.05) is 6.07 Å². The quantitative estimate of drug-likeness (QED) is 0.890. The fourth-order valence-corrected chi connectivity index (χ4v) is 2.78. The van der Waals surface area contributed by atoms with Crippen LogP contribution in [0.5, 0.6) is 0 Å². The first-order valence-corrected chi connectivity index (χ1v) is 6.68. The summed E-state index contributed by atoms with van der Waals surface area (Å²) in [7, 11) is 0. The Morgan fingerprint density at radius 1 is 1.42 bits per heavy atom. The van der Waals surface area contributed by atoms with Crippen molar-refractivity contribution in [3.8, 4) is 0 Å². The number of carbonyl (C=O) groups excluding carboxylic acids is 1. The molecule has 2 heterocycles. The van der Waals surface area contributed by atoms with Gasteiger partial charge in [-0.3, -0.25) is 4.90 Å². The lowest BCUT2D eigenvalue weighted by Crippen LogP contribution is -2.38. The smallest absolute Gasteiger partial charge is 0.414 e. The van der Waals surface area contributed by atoms with Crippen LogP contribution >= 0.6 is 0 Å². The molecule has 2 saturated heterocycles. The van der Waals surface area contributed by atoms with E-state index in [1.165, 1.54) is 17.0 Å². The highest BCUT2D eigenvalue weighted by molar-refractivity contribution is 5.89. The lowest BCUT2D eigenvalue weighted by molar-refractivity contribution is 0.0942. The fourth-order valence-electron chi connectivity index (χ4n) is 2.78. The third-order valence-corrected chi connectivity index (χ3v) is 3.82. The Labute approximate surface area is 111 Å². The van der Waals surface area contributed by atoms with Crippen molar-refractivity contribution in [1.29, 1.82) is 0 Å². The molecule has 5 heteroatoms. The van der Waals surface area contributed by atoms with E-state index in [1.807, 2.05) is 0 Å². The number of benzene rings is 1. The van der Waals surface area contributed by atoms with Crippen molar-refractivity contribution in [3.05, 3.63) is 30.1 Å². The molecule has 2 aliphatic rings. The van der Waals surface area contributed by atoms with Crippen LogP contribution < -0.4 is 10.2 Å². The van der Waals surface area contributed by atoms with Gasteiger partial charge >= 0.3 is 6.09 Å². The van der Waals surface area contributed by atoms with Crippen molar-refractivity contribution >= 4 is 11.8 Å². The van der Waals surface area contributed by atoms with Gasteiger partial charge in [0.05, 0.1) is 12.2 Å². The Morgan fingerprint density at radius 2 is 2.32 bits per heavy atom. The normalized spacial score (nSPS) is 27.4. The molecular weight excluding hydrogens is 247 g/mol. The molecule has 0 aromatic heterocycles. The maximum Gasteiger partial charge on any atom is 0.414 e. The summed E-state index contributed by atoms with van der Waals surface area (Å²) in [5.74, 6) is 0.0179. The average Bonchev–Trinajstić information content (AvgIpc) is 2.82. The highest BCUT2D eigenvalue weighted by atomic mass is 19.1. The number of anilines is 1. The summed E-state index contributed by atoms with van der Waals surface area (Å²) >= 11 is 0. The van der Waals surface area contributed by atoms with Gasteiger partial charge in [0.25, 0.3) is 0 Å². The number of piperidine rings is 1. The van der Waals surface area contributed by atoms with Gasteiger partial charge in [-0.15, -0.1) is 0 Å². The lowest BCUT2D eigenvalue weighted by atomic mass is 9.94. The molecule has 0 spiro atoms. The van der Waals surface area contributed by atoms with Gasteiger partial charge in [0.15, 0.2) is 0 Å². The molecule has 4 nitrogen and oxygen atoms in total. The molecule has 2 aliphatic heterocycles. The number of nitrogens with zero attached hydrogens (tertiary/aromatic N) is 1. The zero-order valence-corrected chi connectivity index (χ0v) is 10.6. The van der Waals surface area contributed by atoms with Gasteiger partial charge in [0.1, 0.15) is 11.9 Å². The molecule has 1 aromatic carbocycles. The van der Waals surface area contributed by atoms with E-state index in [4.69, 9.17) is 4.74 Å². The Hall–Kier alpha value is -1.62. The molecule has 19 heavy (non-hydrogen) atoms. The monoisotopic (exact) mass is 264 g/mol. The number of ether oxygens (including phenoxy) is 1. The second-order valence-electron chi connectivity index (χ2n) is 5.12. The molecule has 0 saturated carbocycles. The second-order valence-corrected chi connectivity index (χ2v) is 5.12. The van der Waals surface area contributed by atoms with Gasteiger partial charge in [-0.05, 0) is 37.6 Å². The summed E-state index contributed by atoms with van der Waals surface area (Å²) < 4.78 is 18.6. The van der Waals surface area contributed by atoms with Crippen LogP contribution in [0.1, 0.15) is 12.8 Å². The number of amides is 1. The zero-order valence-electron chi connectivity index (χ0n) is 10.6. The summed E-state index contributed by atoms with van der Waals surface area (Å²) in [5, 5.41) is 3.32. The van der Waals surface area contributed by atoms with Gasteiger partial charge in [-0.25, -0.2) is 9.18 Å². The third kappa shape index (κ3) is 2.56. The Balaban J connectivity index is 1.72. The van der Waals surface area contributed by atoms with Crippen molar-refractivity contribution < 1.29 is 13.9 Å². The lowest BCUT2D eigenvalue weighted by Gasteiger charge is -2.26. The van der Waals surface area contributed by atoms with E-state index < -0.39 is 0 Å². The van der Waals surface area contributed by atoms with E-state index in [9.17, 15) is 9.18 Å². The molecule has 0 aliphatic carbocycles. The molecule has 1 amide bonds. The maximum absolute atomic E-state index is 13.2. The molecule has 2 fully saturated rings. The Bertz CT molecular complexity index is 474. The molecular formula is C14H17FN2O2. The summed E-state index contributed by atoms with van der Waals surface area (Å²) in [6.07, 6.45) is 1.71. The standard InChI is InChI=1S/C14H17FN2O2/c15-11-4-1-5-12(7-11)17-9-13(19-14(17)18)10-3-2-6-16-8-10/h1,4-5,7,10,13,16H,2-3,6,8-9H2. The summed E-state index contributed by atoms with van der Waals surface area (Å²) in [5.41, 5.74) is 0.566. The van der Waals surface area contributed by atoms with E-state index in [-0.39, 0.29) is 18.0 Å². The van der Waals surface area contributed by atoms with E-state index in [2.05, 4.69) is 5.32 Å². The van der Waals surface area contributed by atoms with Gasteiger partial charge in [-0.2, -0.15) is 0 Å². The minimum Gasteiger partial charge on any atom is -0.444 e. The van der Waals surface area contributed by atoms with Crippen molar-refractivity contribution in [2.24, 2.45) is 5.92 Å². The maximum atomic E-state index is 13.2. The van der Waals surface area contributed by atoms with Gasteiger partial charge < -0.3 is 10.1 Å². The number of cyclic esters (lactones) is 1.